The van der Waals surface area contributed by atoms with Crippen LogP contribution in [0, 0.1) is 5.41 Å². The van der Waals surface area contributed by atoms with Gasteiger partial charge in [0.25, 0.3) is 5.91 Å². The maximum Gasteiger partial charge on any atom is 0.416 e. The van der Waals surface area contributed by atoms with Gasteiger partial charge in [0.05, 0.1) is 16.5 Å². The first-order chi connectivity index (χ1) is 18.9. The summed E-state index contributed by atoms with van der Waals surface area (Å²) in [6.07, 6.45) is -6.34. The molecular formula is C29H25F6N3O2. The van der Waals surface area contributed by atoms with Crippen LogP contribution in [0.3, 0.4) is 0 Å². The van der Waals surface area contributed by atoms with Crippen LogP contribution in [0.4, 0.5) is 26.3 Å². The molecule has 0 saturated carbocycles. The van der Waals surface area contributed by atoms with Gasteiger partial charge in [-0.2, -0.15) is 26.3 Å². The molecule has 3 heterocycles. The van der Waals surface area contributed by atoms with Crippen LogP contribution in [0.25, 0.3) is 0 Å². The van der Waals surface area contributed by atoms with E-state index in [9.17, 15) is 35.9 Å². The highest BCUT2D eigenvalue weighted by molar-refractivity contribution is 5.95. The van der Waals surface area contributed by atoms with E-state index >= 15 is 0 Å². The third kappa shape index (κ3) is 5.29. The Morgan fingerprint density at radius 2 is 1.52 bits per heavy atom. The average Bonchev–Trinajstić information content (AvgIpc) is 3.19. The van der Waals surface area contributed by atoms with Gasteiger partial charge in [-0.1, -0.05) is 36.4 Å². The summed E-state index contributed by atoms with van der Waals surface area (Å²) in [7, 11) is 0. The molecule has 1 unspecified atom stereocenters. The van der Waals surface area contributed by atoms with E-state index in [0.717, 1.165) is 11.1 Å². The van der Waals surface area contributed by atoms with Crippen molar-refractivity contribution in [2.45, 2.75) is 37.7 Å². The van der Waals surface area contributed by atoms with E-state index in [1.807, 2.05) is 36.4 Å². The van der Waals surface area contributed by atoms with Crippen LogP contribution < -0.4 is 0 Å². The van der Waals surface area contributed by atoms with Crippen LogP contribution in [0.15, 0.2) is 73.1 Å². The van der Waals surface area contributed by atoms with Gasteiger partial charge in [0.15, 0.2) is 0 Å². The van der Waals surface area contributed by atoms with Gasteiger partial charge < -0.3 is 9.80 Å². The molecule has 0 bridgehead atoms. The van der Waals surface area contributed by atoms with Gasteiger partial charge in [0, 0.05) is 50.1 Å². The molecule has 0 N–H and O–H groups in total. The lowest BCUT2D eigenvalue weighted by atomic mass is 9.68. The van der Waals surface area contributed by atoms with Crippen molar-refractivity contribution in [3.63, 3.8) is 0 Å². The minimum absolute atomic E-state index is 0.000468. The van der Waals surface area contributed by atoms with E-state index in [1.54, 1.807) is 23.4 Å². The van der Waals surface area contributed by atoms with Gasteiger partial charge in [0.2, 0.25) is 5.91 Å². The molecule has 0 aliphatic carbocycles. The van der Waals surface area contributed by atoms with Crippen molar-refractivity contribution in [1.29, 1.82) is 0 Å². The van der Waals surface area contributed by atoms with Gasteiger partial charge in [-0.3, -0.25) is 14.6 Å². The van der Waals surface area contributed by atoms with Gasteiger partial charge in [-0.05, 0) is 48.2 Å². The highest BCUT2D eigenvalue weighted by Crippen LogP contribution is 2.51. The van der Waals surface area contributed by atoms with E-state index in [0.29, 0.717) is 25.2 Å². The Morgan fingerprint density at radius 3 is 2.08 bits per heavy atom. The van der Waals surface area contributed by atoms with Crippen LogP contribution in [0.5, 0.6) is 0 Å². The molecule has 2 saturated heterocycles. The molecular weight excluding hydrogens is 536 g/mol. The summed E-state index contributed by atoms with van der Waals surface area (Å²) < 4.78 is 80.1. The maximum atomic E-state index is 13.9. The number of halogens is 6. The van der Waals surface area contributed by atoms with E-state index in [4.69, 9.17) is 0 Å². The summed E-state index contributed by atoms with van der Waals surface area (Å²) in [5, 5.41) is 0. The van der Waals surface area contributed by atoms with Crippen molar-refractivity contribution < 1.29 is 35.9 Å². The Balaban J connectivity index is 1.41. The third-order valence-electron chi connectivity index (χ3n) is 7.86. The minimum atomic E-state index is -5.06. The molecule has 1 atom stereocenters. The third-order valence-corrected chi connectivity index (χ3v) is 7.86. The van der Waals surface area contributed by atoms with E-state index in [2.05, 4.69) is 4.98 Å². The molecule has 2 fully saturated rings. The zero-order valence-corrected chi connectivity index (χ0v) is 21.2. The van der Waals surface area contributed by atoms with Crippen LogP contribution in [-0.4, -0.2) is 46.2 Å². The predicted molar refractivity (Wildman–Crippen MR) is 133 cm³/mol. The number of aromatic nitrogens is 1. The fourth-order valence-corrected chi connectivity index (χ4v) is 5.83. The molecule has 11 heteroatoms. The number of rotatable bonds is 4. The predicted octanol–water partition coefficient (Wildman–Crippen LogP) is 6.17. The Morgan fingerprint density at radius 1 is 0.900 bits per heavy atom. The molecule has 5 nitrogen and oxygen atoms in total. The second-order valence-corrected chi connectivity index (χ2v) is 10.3. The molecule has 0 radical (unpaired) electrons. The first kappa shape index (κ1) is 27.7. The lowest BCUT2D eigenvalue weighted by molar-refractivity contribution is -0.143. The number of hydrogen-bond donors (Lipinski definition) is 0. The fraction of sp³-hybridized carbons (Fsp3) is 0.345. The monoisotopic (exact) mass is 561 g/mol. The lowest BCUT2D eigenvalue weighted by Crippen LogP contribution is -2.48. The molecule has 3 aromatic rings. The summed E-state index contributed by atoms with van der Waals surface area (Å²) >= 11 is 0. The first-order valence-corrected chi connectivity index (χ1v) is 12.7. The average molecular weight is 562 g/mol. The zero-order chi connectivity index (χ0) is 28.7. The molecule has 2 amide bonds. The summed E-state index contributed by atoms with van der Waals surface area (Å²) in [4.78, 5) is 34.2. The normalized spacial score (nSPS) is 19.4. The van der Waals surface area contributed by atoms with Crippen LogP contribution in [0.2, 0.25) is 0 Å². The van der Waals surface area contributed by atoms with Gasteiger partial charge in [0.1, 0.15) is 0 Å². The standard InChI is InChI=1S/C29H25F6N3O2/c30-28(31,32)22-13-21(14-23(15-22)29(33,34)35)25(39)37-11-8-27(9-12-37)24(20-6-2-1-3-7-20)18-38(26(27)40)17-19-5-4-10-36-16-19/h1-7,10,13-16,24H,8-9,11-12,17-18H2. The number of hydrogen-bond acceptors (Lipinski definition) is 3. The molecule has 1 spiro atoms. The zero-order valence-electron chi connectivity index (χ0n) is 21.2. The molecule has 40 heavy (non-hydrogen) atoms. The van der Waals surface area contributed by atoms with E-state index < -0.39 is 40.4 Å². The Bertz CT molecular complexity index is 1350. The van der Waals surface area contributed by atoms with Crippen molar-refractivity contribution >= 4 is 11.8 Å². The number of piperidine rings is 1. The summed E-state index contributed by atoms with van der Waals surface area (Å²) in [5.74, 6) is -1.21. The van der Waals surface area contributed by atoms with Crippen molar-refractivity contribution in [3.8, 4) is 0 Å². The molecule has 210 valence electrons. The lowest BCUT2D eigenvalue weighted by Gasteiger charge is -2.41. The number of nitrogens with zero attached hydrogens (tertiary/aromatic N) is 3. The quantitative estimate of drug-likeness (QED) is 0.358. The number of carbonyl (C=O) groups is 2. The Labute approximate surface area is 226 Å². The SMILES string of the molecule is O=C(c1cc(C(F)(F)F)cc(C(F)(F)F)c1)N1CCC2(CC1)C(=O)N(Cc1cccnc1)CC2c1ccccc1. The number of alkyl halides is 6. The van der Waals surface area contributed by atoms with Crippen LogP contribution >= 0.6 is 0 Å². The smallest absolute Gasteiger partial charge is 0.339 e. The summed E-state index contributed by atoms with van der Waals surface area (Å²) in [6, 6.07) is 14.0. The maximum absolute atomic E-state index is 13.9. The summed E-state index contributed by atoms with van der Waals surface area (Å²) in [6.45, 7) is 0.831. The summed E-state index contributed by atoms with van der Waals surface area (Å²) in [5.41, 5.74) is -2.81. The number of benzene rings is 2. The van der Waals surface area contributed by atoms with Crippen molar-refractivity contribution in [2.24, 2.45) is 5.41 Å². The van der Waals surface area contributed by atoms with Crippen LogP contribution in [0.1, 0.15) is 51.4 Å². The van der Waals surface area contributed by atoms with E-state index in [1.165, 1.54) is 4.90 Å². The van der Waals surface area contributed by atoms with Crippen molar-refractivity contribution in [2.75, 3.05) is 19.6 Å². The highest BCUT2D eigenvalue weighted by Gasteiger charge is 2.55. The number of amides is 2. The second kappa shape index (κ2) is 10.3. The largest absolute Gasteiger partial charge is 0.416 e. The number of likely N-dealkylation sites (tertiary alicyclic amines) is 2. The van der Waals surface area contributed by atoms with Gasteiger partial charge in [-0.25, -0.2) is 0 Å². The molecule has 2 aliphatic rings. The molecule has 2 aliphatic heterocycles. The van der Waals surface area contributed by atoms with E-state index in [-0.39, 0.29) is 43.8 Å². The van der Waals surface area contributed by atoms with Crippen LogP contribution in [-0.2, 0) is 23.7 Å². The second-order valence-electron chi connectivity index (χ2n) is 10.3. The highest BCUT2D eigenvalue weighted by atomic mass is 19.4. The Hall–Kier alpha value is -3.89. The first-order valence-electron chi connectivity index (χ1n) is 12.7. The topological polar surface area (TPSA) is 53.5 Å². The number of pyridine rings is 1. The van der Waals surface area contributed by atoms with Crippen molar-refractivity contribution in [3.05, 3.63) is 101 Å². The Kier molecular flexibility index (Phi) is 7.09. The molecule has 1 aromatic heterocycles. The van der Waals surface area contributed by atoms with Gasteiger partial charge in [-0.15, -0.1) is 0 Å². The molecule has 2 aromatic carbocycles. The minimum Gasteiger partial charge on any atom is -0.339 e. The van der Waals surface area contributed by atoms with Crippen molar-refractivity contribution in [1.82, 2.24) is 14.8 Å². The molecule has 5 rings (SSSR count). The number of carbonyl (C=O) groups excluding carboxylic acids is 2. The van der Waals surface area contributed by atoms with Gasteiger partial charge >= 0.3 is 12.4 Å². The fourth-order valence-electron chi connectivity index (χ4n) is 5.83.